The molecule has 4 amide bonds. The van der Waals surface area contributed by atoms with Crippen LogP contribution in [0, 0.1) is 0 Å². The molecule has 214 valence electrons. The molecule has 4 rings (SSSR count). The van der Waals surface area contributed by atoms with Gasteiger partial charge in [-0.15, -0.1) is 0 Å². The lowest BCUT2D eigenvalue weighted by Crippen LogP contribution is -2.53. The van der Waals surface area contributed by atoms with Crippen molar-refractivity contribution in [2.24, 2.45) is 0 Å². The number of carbonyl (C=O) groups is 4. The number of methoxy groups -OCH3 is 1. The number of benzene rings is 4. The molecular weight excluding hydrogens is 560 g/mol. The quantitative estimate of drug-likeness (QED) is 0.187. The summed E-state index contributed by atoms with van der Waals surface area (Å²) < 4.78 is 5.12. The third-order valence-corrected chi connectivity index (χ3v) is 6.52. The van der Waals surface area contributed by atoms with Gasteiger partial charge in [0.15, 0.2) is 0 Å². The highest BCUT2D eigenvalue weighted by atomic mass is 35.5. The molecule has 0 aromatic heterocycles. The first-order valence-corrected chi connectivity index (χ1v) is 13.1. The van der Waals surface area contributed by atoms with Crippen LogP contribution in [0.25, 0.3) is 0 Å². The summed E-state index contributed by atoms with van der Waals surface area (Å²) in [6.07, 6.45) is 0.0280. The first-order valence-electron chi connectivity index (χ1n) is 12.7. The maximum Gasteiger partial charge on any atom is 0.271 e. The average molecular weight is 587 g/mol. The summed E-state index contributed by atoms with van der Waals surface area (Å²) in [6, 6.07) is 24.1. The van der Waals surface area contributed by atoms with E-state index < -0.39 is 29.7 Å². The van der Waals surface area contributed by atoms with Crippen LogP contribution in [0.4, 0.5) is 5.69 Å². The van der Waals surface area contributed by atoms with Crippen LogP contribution < -0.4 is 26.2 Å². The van der Waals surface area contributed by atoms with Gasteiger partial charge in [0.2, 0.25) is 0 Å². The fourth-order valence-corrected chi connectivity index (χ4v) is 4.18. The van der Waals surface area contributed by atoms with Crippen molar-refractivity contribution in [2.45, 2.75) is 12.5 Å². The van der Waals surface area contributed by atoms with Crippen LogP contribution in [-0.4, -0.2) is 41.9 Å². The van der Waals surface area contributed by atoms with Gasteiger partial charge in [-0.1, -0.05) is 48.0 Å². The number of hydrogen-bond donors (Lipinski definition) is 5. The van der Waals surface area contributed by atoms with Gasteiger partial charge in [0.05, 0.1) is 28.9 Å². The smallest absolute Gasteiger partial charge is 0.271 e. The van der Waals surface area contributed by atoms with Gasteiger partial charge in [-0.3, -0.25) is 30.0 Å². The van der Waals surface area contributed by atoms with Crippen molar-refractivity contribution in [1.82, 2.24) is 16.2 Å². The minimum atomic E-state index is -1.15. The van der Waals surface area contributed by atoms with Gasteiger partial charge in [-0.2, -0.15) is 0 Å². The number of hydrogen-bond acceptors (Lipinski definition) is 6. The second-order valence-electron chi connectivity index (χ2n) is 9.05. The molecule has 0 saturated heterocycles. The van der Waals surface area contributed by atoms with Gasteiger partial charge in [-0.25, -0.2) is 0 Å². The fraction of sp³-hybridized carbons (Fsp3) is 0.0968. The number of aromatic hydroxyl groups is 1. The van der Waals surface area contributed by atoms with E-state index in [1.54, 1.807) is 66.7 Å². The maximum atomic E-state index is 13.4. The maximum absolute atomic E-state index is 13.4. The van der Waals surface area contributed by atoms with Crippen molar-refractivity contribution in [1.29, 1.82) is 0 Å². The molecule has 0 unspecified atom stereocenters. The standard InChI is InChI=1S/C31H27ClN4O6/c1-42-22-16-12-20(13-17-22)28(38)33-26-9-5-3-7-24(26)29(39)34-27(18-19-10-14-21(37)15-11-19)31(41)36-35-30(40)23-6-2-4-8-25(23)32/h2-17,27,37H,18H2,1H3,(H,33,38)(H,34,39)(H,35,40)(H,36,41)/t27-/m0/s1. The van der Waals surface area contributed by atoms with Crippen LogP contribution in [0.15, 0.2) is 97.1 Å². The van der Waals surface area contributed by atoms with Gasteiger partial charge >= 0.3 is 0 Å². The third kappa shape index (κ3) is 7.64. The van der Waals surface area contributed by atoms with Crippen LogP contribution in [0.1, 0.15) is 36.6 Å². The number of rotatable bonds is 9. The third-order valence-electron chi connectivity index (χ3n) is 6.19. The topological polar surface area (TPSA) is 146 Å². The Bertz CT molecular complexity index is 1590. The van der Waals surface area contributed by atoms with E-state index in [-0.39, 0.29) is 34.0 Å². The Labute approximate surface area is 246 Å². The molecule has 0 aliphatic heterocycles. The van der Waals surface area contributed by atoms with E-state index in [1.807, 2.05) is 0 Å². The number of anilines is 1. The molecule has 0 aliphatic rings. The second-order valence-corrected chi connectivity index (χ2v) is 9.46. The van der Waals surface area contributed by atoms with Crippen molar-refractivity contribution < 1.29 is 29.0 Å². The molecule has 42 heavy (non-hydrogen) atoms. The van der Waals surface area contributed by atoms with Gasteiger partial charge in [0.1, 0.15) is 17.5 Å². The largest absolute Gasteiger partial charge is 0.508 e. The number of nitrogens with one attached hydrogen (secondary N) is 4. The first kappa shape index (κ1) is 29.6. The molecule has 0 bridgehead atoms. The van der Waals surface area contributed by atoms with E-state index in [4.69, 9.17) is 16.3 Å². The van der Waals surface area contributed by atoms with Crippen LogP contribution >= 0.6 is 11.6 Å². The SMILES string of the molecule is COc1ccc(C(=O)Nc2ccccc2C(=O)N[C@@H](Cc2ccc(O)cc2)C(=O)NNC(=O)c2ccccc2Cl)cc1. The van der Waals surface area contributed by atoms with E-state index >= 15 is 0 Å². The zero-order chi connectivity index (χ0) is 30.1. The number of halogens is 1. The van der Waals surface area contributed by atoms with E-state index in [9.17, 15) is 24.3 Å². The summed E-state index contributed by atoms with van der Waals surface area (Å²) >= 11 is 6.07. The number of phenols is 1. The van der Waals surface area contributed by atoms with Crippen molar-refractivity contribution in [3.05, 3.63) is 124 Å². The normalized spacial score (nSPS) is 11.1. The molecule has 10 nitrogen and oxygen atoms in total. The molecule has 11 heteroatoms. The number of para-hydroxylation sites is 1. The second kappa shape index (κ2) is 13.8. The fourth-order valence-electron chi connectivity index (χ4n) is 3.96. The highest BCUT2D eigenvalue weighted by Gasteiger charge is 2.24. The molecule has 5 N–H and O–H groups in total. The van der Waals surface area contributed by atoms with E-state index in [2.05, 4.69) is 21.5 Å². The van der Waals surface area contributed by atoms with Crippen LogP contribution in [0.2, 0.25) is 5.02 Å². The molecular formula is C31H27ClN4O6. The van der Waals surface area contributed by atoms with Gasteiger partial charge in [0.25, 0.3) is 23.6 Å². The molecule has 4 aromatic rings. The zero-order valence-corrected chi connectivity index (χ0v) is 23.1. The minimum Gasteiger partial charge on any atom is -0.508 e. The number of hydrazine groups is 1. The lowest BCUT2D eigenvalue weighted by Gasteiger charge is -2.20. The zero-order valence-electron chi connectivity index (χ0n) is 22.4. The van der Waals surface area contributed by atoms with Gasteiger partial charge in [0, 0.05) is 12.0 Å². The van der Waals surface area contributed by atoms with Crippen molar-refractivity contribution in [2.75, 3.05) is 12.4 Å². The molecule has 0 heterocycles. The van der Waals surface area contributed by atoms with E-state index in [1.165, 1.54) is 37.4 Å². The number of amides is 4. The molecule has 1 atom stereocenters. The summed E-state index contributed by atoms with van der Waals surface area (Å²) in [4.78, 5) is 52.0. The Kier molecular flexibility index (Phi) is 9.75. The van der Waals surface area contributed by atoms with Crippen molar-refractivity contribution >= 4 is 40.9 Å². The Hall–Kier alpha value is -5.35. The lowest BCUT2D eigenvalue weighted by molar-refractivity contribution is -0.123. The van der Waals surface area contributed by atoms with Crippen LogP contribution in [-0.2, 0) is 11.2 Å². The highest BCUT2D eigenvalue weighted by Crippen LogP contribution is 2.19. The van der Waals surface area contributed by atoms with E-state index in [0.717, 1.165) is 0 Å². The number of phenolic OH excluding ortho intramolecular Hbond substituents is 1. The highest BCUT2D eigenvalue weighted by molar-refractivity contribution is 6.33. The monoisotopic (exact) mass is 586 g/mol. The Morgan fingerprint density at radius 3 is 2.07 bits per heavy atom. The Morgan fingerprint density at radius 1 is 0.762 bits per heavy atom. The molecule has 0 saturated carbocycles. The molecule has 0 aliphatic carbocycles. The summed E-state index contributed by atoms with van der Waals surface area (Å²) in [6.45, 7) is 0. The predicted octanol–water partition coefficient (Wildman–Crippen LogP) is 4.11. The van der Waals surface area contributed by atoms with Gasteiger partial charge in [-0.05, 0) is 66.2 Å². The van der Waals surface area contributed by atoms with E-state index in [0.29, 0.717) is 16.9 Å². The number of carbonyl (C=O) groups excluding carboxylic acids is 4. The predicted molar refractivity (Wildman–Crippen MR) is 158 cm³/mol. The van der Waals surface area contributed by atoms with Crippen LogP contribution in [0.5, 0.6) is 11.5 Å². The summed E-state index contributed by atoms with van der Waals surface area (Å²) in [5.41, 5.74) is 6.12. The van der Waals surface area contributed by atoms with Crippen LogP contribution in [0.3, 0.4) is 0 Å². The molecule has 4 aromatic carbocycles. The summed E-state index contributed by atoms with van der Waals surface area (Å²) in [5.74, 6) is -1.81. The first-order chi connectivity index (χ1) is 20.2. The molecule has 0 fully saturated rings. The lowest BCUT2D eigenvalue weighted by atomic mass is 10.0. The summed E-state index contributed by atoms with van der Waals surface area (Å²) in [7, 11) is 1.52. The average Bonchev–Trinajstić information content (AvgIpc) is 3.00. The number of ether oxygens (including phenoxy) is 1. The molecule has 0 spiro atoms. The Morgan fingerprint density at radius 2 is 1.40 bits per heavy atom. The Balaban J connectivity index is 1.51. The molecule has 0 radical (unpaired) electrons. The van der Waals surface area contributed by atoms with Crippen molar-refractivity contribution in [3.8, 4) is 11.5 Å². The minimum absolute atomic E-state index is 0.0280. The summed E-state index contributed by atoms with van der Waals surface area (Å²) in [5, 5.41) is 15.2. The van der Waals surface area contributed by atoms with Crippen molar-refractivity contribution in [3.63, 3.8) is 0 Å². The van der Waals surface area contributed by atoms with Gasteiger partial charge < -0.3 is 20.5 Å².